The normalized spacial score (nSPS) is 10.5. The molecule has 1 aromatic rings. The SMILES string of the molecule is COCCNCc1ccc(C)nc1C. The van der Waals surface area contributed by atoms with Gasteiger partial charge in [0.2, 0.25) is 0 Å². The van der Waals surface area contributed by atoms with Gasteiger partial charge in [0.1, 0.15) is 0 Å². The summed E-state index contributed by atoms with van der Waals surface area (Å²) in [5.41, 5.74) is 3.43. The highest BCUT2D eigenvalue weighted by Gasteiger charge is 1.98. The first kappa shape index (κ1) is 11.1. The van der Waals surface area contributed by atoms with Gasteiger partial charge in [-0.05, 0) is 25.5 Å². The van der Waals surface area contributed by atoms with Gasteiger partial charge in [0.25, 0.3) is 0 Å². The molecule has 1 heterocycles. The lowest BCUT2D eigenvalue weighted by atomic mass is 10.2. The fourth-order valence-corrected chi connectivity index (χ4v) is 1.30. The number of ether oxygens (including phenoxy) is 1. The molecule has 0 atom stereocenters. The molecule has 3 heteroatoms. The lowest BCUT2D eigenvalue weighted by molar-refractivity contribution is 0.199. The summed E-state index contributed by atoms with van der Waals surface area (Å²) in [4.78, 5) is 4.40. The predicted molar refractivity (Wildman–Crippen MR) is 57.3 cm³/mol. The maximum Gasteiger partial charge on any atom is 0.0587 e. The van der Waals surface area contributed by atoms with Crippen LogP contribution in [0.5, 0.6) is 0 Å². The monoisotopic (exact) mass is 194 g/mol. The minimum atomic E-state index is 0.748. The summed E-state index contributed by atoms with van der Waals surface area (Å²) in [5.74, 6) is 0. The molecule has 3 nitrogen and oxygen atoms in total. The van der Waals surface area contributed by atoms with Crippen molar-refractivity contribution in [3.05, 3.63) is 29.1 Å². The van der Waals surface area contributed by atoms with Gasteiger partial charge in [0.05, 0.1) is 6.61 Å². The molecule has 0 unspecified atom stereocenters. The Labute approximate surface area is 85.5 Å². The Morgan fingerprint density at radius 2 is 2.14 bits per heavy atom. The molecular formula is C11H18N2O. The fourth-order valence-electron chi connectivity index (χ4n) is 1.30. The van der Waals surface area contributed by atoms with Crippen LogP contribution in [-0.2, 0) is 11.3 Å². The third-order valence-electron chi connectivity index (χ3n) is 2.13. The van der Waals surface area contributed by atoms with Gasteiger partial charge in [-0.15, -0.1) is 0 Å². The topological polar surface area (TPSA) is 34.1 Å². The van der Waals surface area contributed by atoms with Crippen molar-refractivity contribution in [2.45, 2.75) is 20.4 Å². The van der Waals surface area contributed by atoms with Crippen molar-refractivity contribution in [3.63, 3.8) is 0 Å². The van der Waals surface area contributed by atoms with E-state index in [2.05, 4.69) is 16.4 Å². The van der Waals surface area contributed by atoms with Crippen LogP contribution in [0.2, 0.25) is 0 Å². The van der Waals surface area contributed by atoms with Crippen LogP contribution in [0.4, 0.5) is 0 Å². The number of hydrogen-bond donors (Lipinski definition) is 1. The summed E-state index contributed by atoms with van der Waals surface area (Å²) in [6.07, 6.45) is 0. The average Bonchev–Trinajstić information content (AvgIpc) is 2.15. The Morgan fingerprint density at radius 1 is 1.36 bits per heavy atom. The number of methoxy groups -OCH3 is 1. The molecule has 0 saturated heterocycles. The number of rotatable bonds is 5. The van der Waals surface area contributed by atoms with E-state index in [0.29, 0.717) is 0 Å². The van der Waals surface area contributed by atoms with E-state index < -0.39 is 0 Å². The average molecular weight is 194 g/mol. The van der Waals surface area contributed by atoms with Crippen LogP contribution >= 0.6 is 0 Å². The van der Waals surface area contributed by atoms with Crippen LogP contribution in [0, 0.1) is 13.8 Å². The molecular weight excluding hydrogens is 176 g/mol. The number of pyridine rings is 1. The van der Waals surface area contributed by atoms with Gasteiger partial charge in [-0.2, -0.15) is 0 Å². The number of hydrogen-bond acceptors (Lipinski definition) is 3. The lowest BCUT2D eigenvalue weighted by Crippen LogP contribution is -2.19. The van der Waals surface area contributed by atoms with E-state index in [4.69, 9.17) is 4.74 Å². The Hall–Kier alpha value is -0.930. The second-order valence-electron chi connectivity index (χ2n) is 3.37. The third kappa shape index (κ3) is 3.44. The van der Waals surface area contributed by atoms with E-state index in [1.54, 1.807) is 7.11 Å². The highest BCUT2D eigenvalue weighted by atomic mass is 16.5. The summed E-state index contributed by atoms with van der Waals surface area (Å²) in [6, 6.07) is 4.16. The largest absolute Gasteiger partial charge is 0.383 e. The fraction of sp³-hybridized carbons (Fsp3) is 0.545. The summed E-state index contributed by atoms with van der Waals surface area (Å²) < 4.78 is 4.95. The molecule has 0 aromatic carbocycles. The van der Waals surface area contributed by atoms with Crippen molar-refractivity contribution in [1.29, 1.82) is 0 Å². The molecule has 1 rings (SSSR count). The van der Waals surface area contributed by atoms with Crippen LogP contribution < -0.4 is 5.32 Å². The molecule has 0 bridgehead atoms. The first-order valence-corrected chi connectivity index (χ1v) is 4.87. The standard InChI is InChI=1S/C11H18N2O/c1-9-4-5-11(10(2)13-9)8-12-6-7-14-3/h4-5,12H,6-8H2,1-3H3. The van der Waals surface area contributed by atoms with Crippen molar-refractivity contribution in [2.24, 2.45) is 0 Å². The molecule has 0 aliphatic rings. The zero-order valence-corrected chi connectivity index (χ0v) is 9.13. The molecule has 0 aliphatic carbocycles. The molecule has 1 N–H and O–H groups in total. The second kappa shape index (κ2) is 5.73. The molecule has 14 heavy (non-hydrogen) atoms. The Bertz CT molecular complexity index is 287. The van der Waals surface area contributed by atoms with Crippen molar-refractivity contribution in [3.8, 4) is 0 Å². The van der Waals surface area contributed by atoms with Crippen molar-refractivity contribution in [1.82, 2.24) is 10.3 Å². The Morgan fingerprint density at radius 3 is 2.79 bits per heavy atom. The van der Waals surface area contributed by atoms with E-state index in [0.717, 1.165) is 31.1 Å². The lowest BCUT2D eigenvalue weighted by Gasteiger charge is -2.07. The van der Waals surface area contributed by atoms with Crippen LogP contribution in [-0.4, -0.2) is 25.2 Å². The number of aryl methyl sites for hydroxylation is 2. The summed E-state index contributed by atoms with van der Waals surface area (Å²) in [7, 11) is 1.71. The Kier molecular flexibility index (Phi) is 4.56. The zero-order valence-electron chi connectivity index (χ0n) is 9.13. The molecule has 78 valence electrons. The van der Waals surface area contributed by atoms with Gasteiger partial charge in [0.15, 0.2) is 0 Å². The van der Waals surface area contributed by atoms with Gasteiger partial charge < -0.3 is 10.1 Å². The van der Waals surface area contributed by atoms with Crippen LogP contribution in [0.3, 0.4) is 0 Å². The van der Waals surface area contributed by atoms with Crippen LogP contribution in [0.1, 0.15) is 17.0 Å². The van der Waals surface area contributed by atoms with Gasteiger partial charge in [-0.1, -0.05) is 6.07 Å². The van der Waals surface area contributed by atoms with E-state index in [1.807, 2.05) is 19.9 Å². The summed E-state index contributed by atoms with van der Waals surface area (Å²) in [5, 5.41) is 3.30. The summed E-state index contributed by atoms with van der Waals surface area (Å²) >= 11 is 0. The number of nitrogens with zero attached hydrogens (tertiary/aromatic N) is 1. The van der Waals surface area contributed by atoms with E-state index in [1.165, 1.54) is 5.56 Å². The first-order valence-electron chi connectivity index (χ1n) is 4.87. The zero-order chi connectivity index (χ0) is 10.4. The maximum atomic E-state index is 4.95. The number of aromatic nitrogens is 1. The van der Waals surface area contributed by atoms with Crippen LogP contribution in [0.15, 0.2) is 12.1 Å². The van der Waals surface area contributed by atoms with Gasteiger partial charge in [-0.25, -0.2) is 0 Å². The highest BCUT2D eigenvalue weighted by Crippen LogP contribution is 2.05. The van der Waals surface area contributed by atoms with E-state index in [9.17, 15) is 0 Å². The van der Waals surface area contributed by atoms with Gasteiger partial charge in [-0.3, -0.25) is 4.98 Å². The van der Waals surface area contributed by atoms with E-state index >= 15 is 0 Å². The Balaban J connectivity index is 2.42. The smallest absolute Gasteiger partial charge is 0.0587 e. The summed E-state index contributed by atoms with van der Waals surface area (Å²) in [6.45, 7) is 6.54. The highest BCUT2D eigenvalue weighted by molar-refractivity contribution is 5.21. The van der Waals surface area contributed by atoms with Crippen molar-refractivity contribution in [2.75, 3.05) is 20.3 Å². The van der Waals surface area contributed by atoms with Crippen LogP contribution in [0.25, 0.3) is 0 Å². The number of nitrogens with one attached hydrogen (secondary N) is 1. The molecule has 0 amide bonds. The van der Waals surface area contributed by atoms with Gasteiger partial charge >= 0.3 is 0 Å². The maximum absolute atomic E-state index is 4.95. The quantitative estimate of drug-likeness (QED) is 0.720. The van der Waals surface area contributed by atoms with E-state index in [-0.39, 0.29) is 0 Å². The van der Waals surface area contributed by atoms with Crippen molar-refractivity contribution < 1.29 is 4.74 Å². The molecule has 0 aliphatic heterocycles. The predicted octanol–water partition coefficient (Wildman–Crippen LogP) is 1.43. The molecule has 0 spiro atoms. The molecule has 0 saturated carbocycles. The first-order chi connectivity index (χ1) is 6.74. The molecule has 0 fully saturated rings. The molecule has 1 aromatic heterocycles. The second-order valence-corrected chi connectivity index (χ2v) is 3.37. The van der Waals surface area contributed by atoms with Crippen molar-refractivity contribution >= 4 is 0 Å². The molecule has 0 radical (unpaired) electrons. The minimum Gasteiger partial charge on any atom is -0.383 e. The van der Waals surface area contributed by atoms with Gasteiger partial charge in [0, 0.05) is 31.6 Å². The third-order valence-corrected chi connectivity index (χ3v) is 2.13. The minimum absolute atomic E-state index is 0.748.